The molecule has 5 nitrogen and oxygen atoms in total. The van der Waals surface area contributed by atoms with Crippen LogP contribution in [0.25, 0.3) is 0 Å². The van der Waals surface area contributed by atoms with Crippen molar-refractivity contribution in [3.05, 3.63) is 30.2 Å². The van der Waals surface area contributed by atoms with Gasteiger partial charge in [0, 0.05) is 25.0 Å². The lowest BCUT2D eigenvalue weighted by atomic mass is 10.0. The Labute approximate surface area is 76.0 Å². The van der Waals surface area contributed by atoms with Gasteiger partial charge in [0.2, 0.25) is 0 Å². The molecular formula is C8H11N5. The van der Waals surface area contributed by atoms with E-state index < -0.39 is 5.66 Å². The lowest BCUT2D eigenvalue weighted by molar-refractivity contribution is 0.519. The number of hydrogen-bond acceptors (Lipinski definition) is 4. The zero-order chi connectivity index (χ0) is 9.31. The van der Waals surface area contributed by atoms with Crippen LogP contribution in [0.2, 0.25) is 0 Å². The van der Waals surface area contributed by atoms with Crippen molar-refractivity contribution in [1.29, 1.82) is 0 Å². The van der Waals surface area contributed by atoms with Crippen molar-refractivity contribution in [2.75, 3.05) is 0 Å². The van der Waals surface area contributed by atoms with Crippen LogP contribution in [0.3, 0.4) is 0 Å². The number of hydrogen-bond donors (Lipinski definition) is 2. The quantitative estimate of drug-likeness (QED) is 0.617. The van der Waals surface area contributed by atoms with Crippen molar-refractivity contribution >= 4 is 6.34 Å². The second-order valence-electron chi connectivity index (χ2n) is 3.01. The predicted molar refractivity (Wildman–Crippen MR) is 49.8 cm³/mol. The van der Waals surface area contributed by atoms with Gasteiger partial charge in [0.1, 0.15) is 5.66 Å². The van der Waals surface area contributed by atoms with E-state index in [1.165, 1.54) is 0 Å². The highest BCUT2D eigenvalue weighted by molar-refractivity contribution is 5.60. The van der Waals surface area contributed by atoms with Crippen molar-refractivity contribution in [3.8, 4) is 0 Å². The van der Waals surface area contributed by atoms with E-state index >= 15 is 0 Å². The normalized spacial score (nSPS) is 26.0. The monoisotopic (exact) mass is 177 g/mol. The van der Waals surface area contributed by atoms with Gasteiger partial charge in [-0.15, -0.1) is 0 Å². The summed E-state index contributed by atoms with van der Waals surface area (Å²) in [5.41, 5.74) is 6.29. The highest BCUT2D eigenvalue weighted by Gasteiger charge is 2.25. The molecule has 13 heavy (non-hydrogen) atoms. The fourth-order valence-electron chi connectivity index (χ4n) is 1.21. The highest BCUT2D eigenvalue weighted by Crippen LogP contribution is 2.16. The zero-order valence-corrected chi connectivity index (χ0v) is 7.31. The number of aromatic nitrogens is 2. The van der Waals surface area contributed by atoms with Crippen LogP contribution in [0, 0.1) is 0 Å². The summed E-state index contributed by atoms with van der Waals surface area (Å²) in [5.74, 6) is 0. The molecule has 0 amide bonds. The average Bonchev–Trinajstić information content (AvgIpc) is 2.54. The number of aryl methyl sites for hydroxylation is 1. The molecule has 1 aromatic heterocycles. The molecule has 0 saturated heterocycles. The average molecular weight is 177 g/mol. The molecule has 1 atom stereocenters. The van der Waals surface area contributed by atoms with E-state index in [4.69, 9.17) is 5.73 Å². The molecule has 0 fully saturated rings. The van der Waals surface area contributed by atoms with E-state index in [0.29, 0.717) is 0 Å². The van der Waals surface area contributed by atoms with Gasteiger partial charge in [-0.05, 0) is 6.08 Å². The first-order chi connectivity index (χ1) is 6.21. The van der Waals surface area contributed by atoms with Crippen molar-refractivity contribution in [2.45, 2.75) is 5.66 Å². The maximum atomic E-state index is 6.05. The van der Waals surface area contributed by atoms with Crippen LogP contribution in [-0.2, 0) is 12.7 Å². The molecule has 0 radical (unpaired) electrons. The Morgan fingerprint density at radius 2 is 2.46 bits per heavy atom. The van der Waals surface area contributed by atoms with Gasteiger partial charge < -0.3 is 11.1 Å². The second-order valence-corrected chi connectivity index (χ2v) is 3.01. The summed E-state index contributed by atoms with van der Waals surface area (Å²) >= 11 is 0. The molecule has 0 aromatic carbocycles. The summed E-state index contributed by atoms with van der Waals surface area (Å²) in [6.45, 7) is 0. The molecule has 2 heterocycles. The van der Waals surface area contributed by atoms with Crippen LogP contribution in [0.5, 0.6) is 0 Å². The van der Waals surface area contributed by atoms with Crippen LogP contribution in [0.1, 0.15) is 5.56 Å². The minimum Gasteiger partial charge on any atom is -0.351 e. The summed E-state index contributed by atoms with van der Waals surface area (Å²) < 4.78 is 1.71. The third-order valence-corrected chi connectivity index (χ3v) is 1.98. The largest absolute Gasteiger partial charge is 0.351 e. The second kappa shape index (κ2) is 2.70. The number of nitrogens with zero attached hydrogens (tertiary/aromatic N) is 3. The fraction of sp³-hybridized carbons (Fsp3) is 0.250. The summed E-state index contributed by atoms with van der Waals surface area (Å²) in [6.07, 6.45) is 8.65. The standard InChI is InChI=1S/C8H11N5/c1-13-5-7(4-12-13)8(9)2-3-10-6-11-8/h2-6H,9H2,1H3,(H,10,11). The van der Waals surface area contributed by atoms with Gasteiger partial charge in [0.15, 0.2) is 0 Å². The van der Waals surface area contributed by atoms with Gasteiger partial charge in [0.25, 0.3) is 0 Å². The van der Waals surface area contributed by atoms with Crippen molar-refractivity contribution in [2.24, 2.45) is 17.8 Å². The Bertz CT molecular complexity index is 364. The molecular weight excluding hydrogens is 166 g/mol. The molecule has 1 aromatic rings. The van der Waals surface area contributed by atoms with E-state index in [-0.39, 0.29) is 0 Å². The SMILES string of the molecule is Cn1cc(C2(N)C=CN=CN2)cn1. The molecule has 0 aliphatic carbocycles. The smallest absolute Gasteiger partial charge is 0.137 e. The highest BCUT2D eigenvalue weighted by atomic mass is 15.3. The van der Waals surface area contributed by atoms with Crippen molar-refractivity contribution < 1.29 is 0 Å². The maximum Gasteiger partial charge on any atom is 0.137 e. The molecule has 3 N–H and O–H groups in total. The minimum atomic E-state index is -0.671. The number of nitrogens with two attached hydrogens (primary N) is 1. The Morgan fingerprint density at radius 1 is 1.62 bits per heavy atom. The van der Waals surface area contributed by atoms with Crippen molar-refractivity contribution in [3.63, 3.8) is 0 Å². The third kappa shape index (κ3) is 1.33. The molecule has 0 spiro atoms. The van der Waals surface area contributed by atoms with Crippen LogP contribution in [0.4, 0.5) is 0 Å². The van der Waals surface area contributed by atoms with Crippen LogP contribution >= 0.6 is 0 Å². The first-order valence-corrected chi connectivity index (χ1v) is 3.96. The lowest BCUT2D eigenvalue weighted by Gasteiger charge is -2.26. The molecule has 5 heteroatoms. The Kier molecular flexibility index (Phi) is 1.66. The minimum absolute atomic E-state index is 0.671. The maximum absolute atomic E-state index is 6.05. The van der Waals surface area contributed by atoms with E-state index in [1.807, 2.05) is 13.2 Å². The summed E-state index contributed by atoms with van der Waals surface area (Å²) in [7, 11) is 1.85. The van der Waals surface area contributed by atoms with E-state index in [9.17, 15) is 0 Å². The van der Waals surface area contributed by atoms with Gasteiger partial charge in [-0.2, -0.15) is 5.10 Å². The predicted octanol–water partition coefficient (Wildman–Crippen LogP) is -0.323. The van der Waals surface area contributed by atoms with Gasteiger partial charge in [-0.1, -0.05) is 0 Å². The topological polar surface area (TPSA) is 68.2 Å². The van der Waals surface area contributed by atoms with Gasteiger partial charge in [-0.25, -0.2) is 4.99 Å². The lowest BCUT2D eigenvalue weighted by Crippen LogP contribution is -2.49. The molecule has 1 aliphatic heterocycles. The van der Waals surface area contributed by atoms with Crippen LogP contribution in [0.15, 0.2) is 29.7 Å². The first kappa shape index (κ1) is 8.00. The van der Waals surface area contributed by atoms with Crippen LogP contribution < -0.4 is 11.1 Å². The van der Waals surface area contributed by atoms with Crippen molar-refractivity contribution in [1.82, 2.24) is 15.1 Å². The van der Waals surface area contributed by atoms with Gasteiger partial charge >= 0.3 is 0 Å². The molecule has 1 aliphatic rings. The Balaban J connectivity index is 2.34. The zero-order valence-electron chi connectivity index (χ0n) is 7.31. The number of aliphatic imine (C=N–C) groups is 1. The molecule has 1 unspecified atom stereocenters. The number of rotatable bonds is 1. The third-order valence-electron chi connectivity index (χ3n) is 1.98. The number of nitrogens with one attached hydrogen (secondary N) is 1. The molecule has 0 saturated carbocycles. The summed E-state index contributed by atoms with van der Waals surface area (Å²) in [5, 5.41) is 7.03. The van der Waals surface area contributed by atoms with Gasteiger partial charge in [-0.3, -0.25) is 4.68 Å². The van der Waals surface area contributed by atoms with Crippen LogP contribution in [-0.4, -0.2) is 16.1 Å². The molecule has 2 rings (SSSR count). The fourth-order valence-corrected chi connectivity index (χ4v) is 1.21. The molecule has 68 valence electrons. The van der Waals surface area contributed by atoms with E-state index in [0.717, 1.165) is 5.56 Å². The summed E-state index contributed by atoms with van der Waals surface area (Å²) in [6, 6.07) is 0. The Hall–Kier alpha value is -1.62. The molecule has 0 bridgehead atoms. The summed E-state index contributed by atoms with van der Waals surface area (Å²) in [4.78, 5) is 3.88. The van der Waals surface area contributed by atoms with Gasteiger partial charge in [0.05, 0.1) is 12.5 Å². The van der Waals surface area contributed by atoms with E-state index in [1.54, 1.807) is 29.5 Å². The first-order valence-electron chi connectivity index (χ1n) is 3.96. The Morgan fingerprint density at radius 3 is 3.00 bits per heavy atom. The van der Waals surface area contributed by atoms with E-state index in [2.05, 4.69) is 15.4 Å².